The third-order valence-electron chi connectivity index (χ3n) is 2.30. The molecule has 1 aromatic heterocycles. The molecule has 0 unspecified atom stereocenters. The second-order valence-electron chi connectivity index (χ2n) is 3.75. The number of hydrazine groups is 2. The SMILES string of the molecule is Cc1cccc(Nc2nc(NN)cc(NN)n2)c1. The summed E-state index contributed by atoms with van der Waals surface area (Å²) in [5, 5.41) is 3.08. The smallest absolute Gasteiger partial charge is 0.231 e. The Morgan fingerprint density at radius 2 is 1.67 bits per heavy atom. The molecule has 0 atom stereocenters. The van der Waals surface area contributed by atoms with Gasteiger partial charge in [0, 0.05) is 11.8 Å². The largest absolute Gasteiger partial charge is 0.324 e. The molecule has 0 aliphatic heterocycles. The molecule has 0 aliphatic carbocycles. The molecule has 0 amide bonds. The van der Waals surface area contributed by atoms with Crippen LogP contribution in [0, 0.1) is 6.92 Å². The zero-order valence-electron chi connectivity index (χ0n) is 9.94. The van der Waals surface area contributed by atoms with Crippen molar-refractivity contribution in [1.29, 1.82) is 0 Å². The van der Waals surface area contributed by atoms with Gasteiger partial charge in [0.2, 0.25) is 5.95 Å². The summed E-state index contributed by atoms with van der Waals surface area (Å²) in [6, 6.07) is 9.47. The molecule has 7 heteroatoms. The second-order valence-corrected chi connectivity index (χ2v) is 3.75. The van der Waals surface area contributed by atoms with Crippen LogP contribution in [0.3, 0.4) is 0 Å². The number of benzene rings is 1. The van der Waals surface area contributed by atoms with Gasteiger partial charge in [0.25, 0.3) is 0 Å². The average molecular weight is 245 g/mol. The molecule has 0 fully saturated rings. The lowest BCUT2D eigenvalue weighted by Crippen LogP contribution is -2.14. The summed E-state index contributed by atoms with van der Waals surface area (Å²) in [7, 11) is 0. The van der Waals surface area contributed by atoms with E-state index in [1.165, 1.54) is 0 Å². The van der Waals surface area contributed by atoms with E-state index in [1.54, 1.807) is 6.07 Å². The van der Waals surface area contributed by atoms with Crippen LogP contribution in [-0.2, 0) is 0 Å². The van der Waals surface area contributed by atoms with Gasteiger partial charge >= 0.3 is 0 Å². The summed E-state index contributed by atoms with van der Waals surface area (Å²) in [4.78, 5) is 8.34. The molecule has 0 saturated heterocycles. The normalized spacial score (nSPS) is 9.94. The van der Waals surface area contributed by atoms with Crippen molar-refractivity contribution in [3.8, 4) is 0 Å². The van der Waals surface area contributed by atoms with E-state index in [9.17, 15) is 0 Å². The lowest BCUT2D eigenvalue weighted by molar-refractivity contribution is 1.12. The van der Waals surface area contributed by atoms with E-state index in [0.29, 0.717) is 17.6 Å². The Balaban J connectivity index is 2.28. The molecule has 0 radical (unpaired) electrons. The minimum absolute atomic E-state index is 0.406. The van der Waals surface area contributed by atoms with Crippen LogP contribution in [0.25, 0.3) is 0 Å². The molecule has 0 bridgehead atoms. The molecule has 7 N–H and O–H groups in total. The van der Waals surface area contributed by atoms with Gasteiger partial charge in [-0.05, 0) is 24.6 Å². The summed E-state index contributed by atoms with van der Waals surface area (Å²) in [5.74, 6) is 12.0. The molecule has 0 aliphatic rings. The predicted molar refractivity (Wildman–Crippen MR) is 72.1 cm³/mol. The Morgan fingerprint density at radius 3 is 2.22 bits per heavy atom. The molecule has 7 nitrogen and oxygen atoms in total. The third kappa shape index (κ3) is 2.84. The molecule has 0 saturated carbocycles. The number of hydrogen-bond donors (Lipinski definition) is 5. The van der Waals surface area contributed by atoms with E-state index in [1.807, 2.05) is 31.2 Å². The van der Waals surface area contributed by atoms with E-state index >= 15 is 0 Å². The van der Waals surface area contributed by atoms with Crippen LogP contribution in [0.4, 0.5) is 23.3 Å². The van der Waals surface area contributed by atoms with Crippen molar-refractivity contribution < 1.29 is 0 Å². The number of nitrogens with two attached hydrogens (primary N) is 2. The van der Waals surface area contributed by atoms with E-state index < -0.39 is 0 Å². The minimum atomic E-state index is 0.406. The van der Waals surface area contributed by atoms with E-state index in [-0.39, 0.29) is 0 Å². The van der Waals surface area contributed by atoms with Gasteiger partial charge in [-0.3, -0.25) is 0 Å². The number of hydrogen-bond acceptors (Lipinski definition) is 7. The van der Waals surface area contributed by atoms with Gasteiger partial charge in [0.1, 0.15) is 11.6 Å². The summed E-state index contributed by atoms with van der Waals surface area (Å²) < 4.78 is 0. The van der Waals surface area contributed by atoms with Crippen molar-refractivity contribution in [2.24, 2.45) is 11.7 Å². The summed E-state index contributed by atoms with van der Waals surface area (Å²) >= 11 is 0. The molecule has 1 heterocycles. The Hall–Kier alpha value is -2.38. The van der Waals surface area contributed by atoms with Gasteiger partial charge in [-0.2, -0.15) is 9.97 Å². The standard InChI is InChI=1S/C11H15N7/c1-7-3-2-4-8(5-7)14-11-15-9(17-12)6-10(16-11)18-13/h2-6H,12-13H2,1H3,(H3,14,15,16,17,18). The molecule has 2 aromatic rings. The highest BCUT2D eigenvalue weighted by Gasteiger charge is 2.03. The van der Waals surface area contributed by atoms with Crippen LogP contribution in [0.1, 0.15) is 5.56 Å². The fourth-order valence-electron chi connectivity index (χ4n) is 1.50. The van der Waals surface area contributed by atoms with Crippen molar-refractivity contribution in [2.45, 2.75) is 6.92 Å². The Labute approximate surface area is 105 Å². The fourth-order valence-corrected chi connectivity index (χ4v) is 1.50. The maximum Gasteiger partial charge on any atom is 0.231 e. The Kier molecular flexibility index (Phi) is 3.56. The maximum atomic E-state index is 5.32. The molecule has 2 rings (SSSR count). The van der Waals surface area contributed by atoms with Crippen LogP contribution < -0.4 is 27.9 Å². The Bertz CT molecular complexity index is 518. The van der Waals surface area contributed by atoms with Gasteiger partial charge < -0.3 is 16.2 Å². The van der Waals surface area contributed by atoms with Crippen molar-refractivity contribution >= 4 is 23.3 Å². The van der Waals surface area contributed by atoms with E-state index in [2.05, 4.69) is 26.1 Å². The number of rotatable bonds is 4. The number of aryl methyl sites for hydroxylation is 1. The maximum absolute atomic E-state index is 5.32. The van der Waals surface area contributed by atoms with E-state index in [4.69, 9.17) is 11.7 Å². The van der Waals surface area contributed by atoms with Crippen LogP contribution in [0.15, 0.2) is 30.3 Å². The highest BCUT2D eigenvalue weighted by atomic mass is 15.3. The van der Waals surface area contributed by atoms with Crippen LogP contribution in [0.2, 0.25) is 0 Å². The summed E-state index contributed by atoms with van der Waals surface area (Å²) in [5.41, 5.74) is 6.94. The van der Waals surface area contributed by atoms with Crippen LogP contribution in [0.5, 0.6) is 0 Å². The average Bonchev–Trinajstić information content (AvgIpc) is 2.38. The summed E-state index contributed by atoms with van der Waals surface area (Å²) in [6.07, 6.45) is 0. The number of aromatic nitrogens is 2. The Morgan fingerprint density at radius 1 is 1.00 bits per heavy atom. The molecular weight excluding hydrogens is 230 g/mol. The first-order valence-electron chi connectivity index (χ1n) is 5.37. The quantitative estimate of drug-likeness (QED) is 0.405. The highest BCUT2D eigenvalue weighted by Crippen LogP contribution is 2.18. The number of nitrogens with zero attached hydrogens (tertiary/aromatic N) is 2. The second kappa shape index (κ2) is 5.30. The van der Waals surface area contributed by atoms with Gasteiger partial charge in [0.15, 0.2) is 0 Å². The zero-order chi connectivity index (χ0) is 13.0. The first-order chi connectivity index (χ1) is 8.71. The van der Waals surface area contributed by atoms with Gasteiger partial charge in [-0.15, -0.1) is 0 Å². The van der Waals surface area contributed by atoms with Crippen molar-refractivity contribution in [1.82, 2.24) is 9.97 Å². The molecule has 1 aromatic carbocycles. The third-order valence-corrected chi connectivity index (χ3v) is 2.30. The lowest BCUT2D eigenvalue weighted by Gasteiger charge is -2.09. The highest BCUT2D eigenvalue weighted by molar-refractivity contribution is 5.58. The van der Waals surface area contributed by atoms with Crippen LogP contribution >= 0.6 is 0 Å². The minimum Gasteiger partial charge on any atom is -0.324 e. The first-order valence-corrected chi connectivity index (χ1v) is 5.37. The van der Waals surface area contributed by atoms with Crippen LogP contribution in [-0.4, -0.2) is 9.97 Å². The monoisotopic (exact) mass is 245 g/mol. The van der Waals surface area contributed by atoms with Crippen molar-refractivity contribution in [3.63, 3.8) is 0 Å². The van der Waals surface area contributed by atoms with Gasteiger partial charge in [-0.1, -0.05) is 12.1 Å². The predicted octanol–water partition coefficient (Wildman–Crippen LogP) is 1.10. The van der Waals surface area contributed by atoms with E-state index in [0.717, 1.165) is 11.3 Å². The number of anilines is 4. The molecular formula is C11H15N7. The summed E-state index contributed by atoms with van der Waals surface area (Å²) in [6.45, 7) is 2.01. The first kappa shape index (κ1) is 12.1. The molecule has 0 spiro atoms. The van der Waals surface area contributed by atoms with Crippen molar-refractivity contribution in [3.05, 3.63) is 35.9 Å². The number of nitrogens with one attached hydrogen (secondary N) is 3. The van der Waals surface area contributed by atoms with Crippen molar-refractivity contribution in [2.75, 3.05) is 16.2 Å². The van der Waals surface area contributed by atoms with Gasteiger partial charge in [-0.25, -0.2) is 11.7 Å². The van der Waals surface area contributed by atoms with Gasteiger partial charge in [0.05, 0.1) is 0 Å². The fraction of sp³-hybridized carbons (Fsp3) is 0.0909. The molecule has 18 heavy (non-hydrogen) atoms. The number of nitrogen functional groups attached to an aromatic ring is 2. The zero-order valence-corrected chi connectivity index (χ0v) is 9.94. The molecule has 94 valence electrons. The topological polar surface area (TPSA) is 114 Å². The lowest BCUT2D eigenvalue weighted by atomic mass is 10.2.